The molecule has 3 aliphatic rings. The summed E-state index contributed by atoms with van der Waals surface area (Å²) in [6, 6.07) is 1.35. The molecule has 214 valence electrons. The van der Waals surface area contributed by atoms with E-state index in [2.05, 4.69) is 20.2 Å². The van der Waals surface area contributed by atoms with Crippen LogP contribution in [0.3, 0.4) is 0 Å². The molecule has 0 atom stereocenters. The van der Waals surface area contributed by atoms with Crippen LogP contribution in [0.1, 0.15) is 90.1 Å². The van der Waals surface area contributed by atoms with Crippen LogP contribution in [-0.2, 0) is 16.4 Å². The van der Waals surface area contributed by atoms with E-state index < -0.39 is 17.3 Å². The number of aliphatic hydroxyl groups excluding tert-OH is 1. The van der Waals surface area contributed by atoms with Gasteiger partial charge in [0.2, 0.25) is 5.91 Å². The lowest BCUT2D eigenvalue weighted by molar-refractivity contribution is -0.141. The predicted octanol–water partition coefficient (Wildman–Crippen LogP) is 4.53. The van der Waals surface area contributed by atoms with E-state index in [0.717, 1.165) is 83.5 Å². The van der Waals surface area contributed by atoms with Crippen molar-refractivity contribution < 1.29 is 23.1 Å². The number of hydrogen-bond acceptors (Lipinski definition) is 6. The number of amides is 1. The Morgan fingerprint density at radius 2 is 1.61 bits per heavy atom. The SMILES string of the molecule is CC(C)(C)c1nc(N2CCN(CC[C@H]3CC[C@@H](NC(=O)[C@H]4CC[C@@H](O)CC4)CC3)CC2)cc(C(F)(F)F)n1. The first-order valence-electron chi connectivity index (χ1n) is 14.3. The smallest absolute Gasteiger partial charge is 0.393 e. The Labute approximate surface area is 224 Å². The lowest BCUT2D eigenvalue weighted by Gasteiger charge is -2.37. The highest BCUT2D eigenvalue weighted by atomic mass is 19.4. The Kier molecular flexibility index (Phi) is 9.22. The molecule has 1 saturated heterocycles. The quantitative estimate of drug-likeness (QED) is 0.553. The van der Waals surface area contributed by atoms with Crippen molar-refractivity contribution in [3.63, 3.8) is 0 Å². The van der Waals surface area contributed by atoms with Crippen molar-refractivity contribution in [3.8, 4) is 0 Å². The van der Waals surface area contributed by atoms with Gasteiger partial charge in [0.15, 0.2) is 0 Å². The van der Waals surface area contributed by atoms with Crippen molar-refractivity contribution in [3.05, 3.63) is 17.6 Å². The highest BCUT2D eigenvalue weighted by molar-refractivity contribution is 5.79. The van der Waals surface area contributed by atoms with Crippen LogP contribution in [0.2, 0.25) is 0 Å². The van der Waals surface area contributed by atoms with Gasteiger partial charge in [-0.15, -0.1) is 0 Å². The molecule has 1 amide bonds. The third-order valence-corrected chi connectivity index (χ3v) is 8.48. The van der Waals surface area contributed by atoms with Crippen molar-refractivity contribution in [1.29, 1.82) is 0 Å². The number of carbonyl (C=O) groups is 1. The molecule has 10 heteroatoms. The molecule has 3 fully saturated rings. The first kappa shape index (κ1) is 29.1. The fraction of sp³-hybridized carbons (Fsp3) is 0.821. The average molecular weight is 540 g/mol. The Morgan fingerprint density at radius 1 is 0.974 bits per heavy atom. The van der Waals surface area contributed by atoms with Crippen LogP contribution >= 0.6 is 0 Å². The van der Waals surface area contributed by atoms with Gasteiger partial charge in [0, 0.05) is 49.6 Å². The maximum atomic E-state index is 13.5. The Bertz CT molecular complexity index is 895. The van der Waals surface area contributed by atoms with E-state index in [1.54, 1.807) is 0 Å². The topological polar surface area (TPSA) is 81.6 Å². The van der Waals surface area contributed by atoms with Crippen LogP contribution < -0.4 is 10.2 Å². The summed E-state index contributed by atoms with van der Waals surface area (Å²) in [6.07, 6.45) is 3.67. The van der Waals surface area contributed by atoms with E-state index in [1.807, 2.05) is 25.7 Å². The molecule has 4 rings (SSSR count). The van der Waals surface area contributed by atoms with Gasteiger partial charge in [-0.1, -0.05) is 20.8 Å². The minimum Gasteiger partial charge on any atom is -0.393 e. The summed E-state index contributed by atoms with van der Waals surface area (Å²) in [5.74, 6) is 1.45. The van der Waals surface area contributed by atoms with Gasteiger partial charge in [0.25, 0.3) is 0 Å². The highest BCUT2D eigenvalue weighted by Gasteiger charge is 2.36. The number of nitrogens with zero attached hydrogens (tertiary/aromatic N) is 4. The van der Waals surface area contributed by atoms with Crippen LogP contribution in [0.5, 0.6) is 0 Å². The van der Waals surface area contributed by atoms with Crippen LogP contribution in [-0.4, -0.2) is 70.8 Å². The van der Waals surface area contributed by atoms with E-state index in [0.29, 0.717) is 24.8 Å². The average Bonchev–Trinajstić information content (AvgIpc) is 2.87. The summed E-state index contributed by atoms with van der Waals surface area (Å²) in [5, 5.41) is 12.9. The van der Waals surface area contributed by atoms with Gasteiger partial charge in [-0.2, -0.15) is 13.2 Å². The van der Waals surface area contributed by atoms with E-state index in [4.69, 9.17) is 0 Å². The molecule has 1 aromatic rings. The monoisotopic (exact) mass is 539 g/mol. The van der Waals surface area contributed by atoms with Crippen LogP contribution in [0, 0.1) is 11.8 Å². The summed E-state index contributed by atoms with van der Waals surface area (Å²) in [7, 11) is 0. The summed E-state index contributed by atoms with van der Waals surface area (Å²) in [5.41, 5.74) is -1.45. The number of hydrogen-bond donors (Lipinski definition) is 2. The summed E-state index contributed by atoms with van der Waals surface area (Å²) >= 11 is 0. The van der Waals surface area contributed by atoms with Gasteiger partial charge in [-0.25, -0.2) is 9.97 Å². The second-order valence-electron chi connectivity index (χ2n) is 12.5. The van der Waals surface area contributed by atoms with E-state index >= 15 is 0 Å². The molecule has 1 aliphatic heterocycles. The lowest BCUT2D eigenvalue weighted by atomic mass is 9.83. The normalized spacial score (nSPS) is 27.8. The zero-order valence-corrected chi connectivity index (χ0v) is 23.1. The number of piperazine rings is 1. The number of aromatic nitrogens is 2. The molecule has 0 radical (unpaired) electrons. The number of aliphatic hydroxyl groups is 1. The minimum atomic E-state index is -4.50. The fourth-order valence-electron chi connectivity index (χ4n) is 5.90. The van der Waals surface area contributed by atoms with E-state index in [1.165, 1.54) is 0 Å². The van der Waals surface area contributed by atoms with Crippen LogP contribution in [0.15, 0.2) is 6.07 Å². The van der Waals surface area contributed by atoms with Crippen molar-refractivity contribution in [2.45, 2.75) is 102 Å². The van der Waals surface area contributed by atoms with Gasteiger partial charge in [-0.3, -0.25) is 9.69 Å². The molecule has 38 heavy (non-hydrogen) atoms. The lowest BCUT2D eigenvalue weighted by Crippen LogP contribution is -2.47. The number of rotatable bonds is 6. The maximum absolute atomic E-state index is 13.5. The second kappa shape index (κ2) is 12.1. The summed E-state index contributed by atoms with van der Waals surface area (Å²) in [4.78, 5) is 25.2. The molecule has 0 unspecified atom stereocenters. The predicted molar refractivity (Wildman–Crippen MR) is 141 cm³/mol. The number of halogens is 3. The highest BCUT2D eigenvalue weighted by Crippen LogP contribution is 2.33. The number of nitrogens with one attached hydrogen (secondary N) is 1. The van der Waals surface area contributed by atoms with Gasteiger partial charge in [-0.05, 0) is 70.3 Å². The zero-order valence-electron chi connectivity index (χ0n) is 23.1. The van der Waals surface area contributed by atoms with Gasteiger partial charge < -0.3 is 15.3 Å². The standard InChI is InChI=1S/C28H44F3N5O2/c1-27(2,3)26-33-23(28(29,30)31)18-24(34-26)36-16-14-35(15-17-36)13-12-19-4-8-21(9-5-19)32-25(38)20-6-10-22(37)11-7-20/h18-22,37H,4-17H2,1-3H3,(H,32,38)/t19-,20-,21+,22+. The largest absolute Gasteiger partial charge is 0.433 e. The maximum Gasteiger partial charge on any atom is 0.433 e. The first-order chi connectivity index (χ1) is 17.9. The van der Waals surface area contributed by atoms with Crippen molar-refractivity contribution in [1.82, 2.24) is 20.2 Å². The van der Waals surface area contributed by atoms with Crippen LogP contribution in [0.4, 0.5) is 19.0 Å². The molecular weight excluding hydrogens is 495 g/mol. The third-order valence-electron chi connectivity index (χ3n) is 8.48. The first-order valence-corrected chi connectivity index (χ1v) is 14.3. The Balaban J connectivity index is 1.20. The molecule has 0 aromatic carbocycles. The molecule has 2 heterocycles. The number of alkyl halides is 3. The van der Waals surface area contributed by atoms with Crippen molar-refractivity contribution >= 4 is 11.7 Å². The van der Waals surface area contributed by atoms with Gasteiger partial charge in [0.05, 0.1) is 6.10 Å². The van der Waals surface area contributed by atoms with E-state index in [9.17, 15) is 23.1 Å². The molecule has 7 nitrogen and oxygen atoms in total. The molecule has 0 bridgehead atoms. The molecule has 2 N–H and O–H groups in total. The third kappa shape index (κ3) is 7.81. The van der Waals surface area contributed by atoms with Crippen molar-refractivity contribution in [2.75, 3.05) is 37.6 Å². The van der Waals surface area contributed by atoms with Gasteiger partial charge in [0.1, 0.15) is 17.3 Å². The van der Waals surface area contributed by atoms with Crippen LogP contribution in [0.25, 0.3) is 0 Å². The number of anilines is 1. The zero-order chi connectivity index (χ0) is 27.5. The Hall–Kier alpha value is -1.94. The summed E-state index contributed by atoms with van der Waals surface area (Å²) in [6.45, 7) is 9.38. The summed E-state index contributed by atoms with van der Waals surface area (Å²) < 4.78 is 40.4. The second-order valence-corrected chi connectivity index (χ2v) is 12.5. The van der Waals surface area contributed by atoms with E-state index in [-0.39, 0.29) is 29.8 Å². The molecule has 2 saturated carbocycles. The number of carbonyl (C=O) groups excluding carboxylic acids is 1. The van der Waals surface area contributed by atoms with Crippen molar-refractivity contribution in [2.24, 2.45) is 11.8 Å². The molecule has 0 spiro atoms. The fourth-order valence-corrected chi connectivity index (χ4v) is 5.90. The molecular formula is C28H44F3N5O2. The Morgan fingerprint density at radius 3 is 2.18 bits per heavy atom. The minimum absolute atomic E-state index is 0.0530. The molecule has 2 aliphatic carbocycles. The van der Waals surface area contributed by atoms with Gasteiger partial charge >= 0.3 is 6.18 Å². The molecule has 1 aromatic heterocycles.